The Hall–Kier alpha value is -1.40. The predicted molar refractivity (Wildman–Crippen MR) is 71.9 cm³/mol. The molecule has 19 heavy (non-hydrogen) atoms. The van der Waals surface area contributed by atoms with Crippen LogP contribution < -0.4 is 5.73 Å². The lowest BCUT2D eigenvalue weighted by Gasteiger charge is -2.30. The van der Waals surface area contributed by atoms with Crippen LogP contribution in [0.4, 0.5) is 0 Å². The number of carbonyl (C=O) groups excluding carboxylic acids is 1. The molecule has 0 aliphatic carbocycles. The van der Waals surface area contributed by atoms with Gasteiger partial charge in [-0.15, -0.1) is 0 Å². The van der Waals surface area contributed by atoms with E-state index in [1.807, 2.05) is 0 Å². The Balaban J connectivity index is 2.30. The molecule has 6 heteroatoms. The van der Waals surface area contributed by atoms with E-state index >= 15 is 0 Å². The van der Waals surface area contributed by atoms with Crippen LogP contribution in [-0.4, -0.2) is 31.7 Å². The Morgan fingerprint density at radius 1 is 1.37 bits per heavy atom. The molecule has 1 fully saturated rings. The van der Waals surface area contributed by atoms with E-state index in [4.69, 9.17) is 5.73 Å². The van der Waals surface area contributed by atoms with Crippen molar-refractivity contribution in [3.63, 3.8) is 0 Å². The Morgan fingerprint density at radius 3 is 2.68 bits per heavy atom. The second kappa shape index (κ2) is 5.30. The number of amides is 1. The third kappa shape index (κ3) is 2.79. The molecule has 0 spiro atoms. The maximum Gasteiger partial charge on any atom is 0.243 e. The Morgan fingerprint density at radius 2 is 2.05 bits per heavy atom. The molecule has 2 rings (SSSR count). The molecule has 0 aromatic heterocycles. The van der Waals surface area contributed by atoms with Gasteiger partial charge in [0.1, 0.15) is 0 Å². The molecule has 1 saturated heterocycles. The largest absolute Gasteiger partial charge is 0.369 e. The fraction of sp³-hybridized carbons (Fsp3) is 0.462. The van der Waals surface area contributed by atoms with E-state index in [0.29, 0.717) is 29.8 Å². The zero-order valence-corrected chi connectivity index (χ0v) is 11.7. The number of aryl methyl sites for hydroxylation is 1. The summed E-state index contributed by atoms with van der Waals surface area (Å²) in [6.07, 6.45) is 1.33. The Bertz CT molecular complexity index is 583. The molecule has 1 atom stereocenters. The number of benzene rings is 1. The molecule has 1 amide bonds. The lowest BCUT2D eigenvalue weighted by atomic mass is 9.99. The molecular formula is C13H18N2O3S. The van der Waals surface area contributed by atoms with Crippen molar-refractivity contribution in [2.45, 2.75) is 24.7 Å². The van der Waals surface area contributed by atoms with Crippen molar-refractivity contribution in [2.24, 2.45) is 11.7 Å². The van der Waals surface area contributed by atoms with Gasteiger partial charge in [-0.25, -0.2) is 8.42 Å². The third-order valence-electron chi connectivity index (χ3n) is 3.50. The first-order valence-electron chi connectivity index (χ1n) is 6.28. The summed E-state index contributed by atoms with van der Waals surface area (Å²) in [5.41, 5.74) is 5.99. The first kappa shape index (κ1) is 14.0. The van der Waals surface area contributed by atoms with Crippen molar-refractivity contribution in [3.8, 4) is 0 Å². The molecule has 1 aliphatic rings. The second-order valence-electron chi connectivity index (χ2n) is 4.87. The van der Waals surface area contributed by atoms with Gasteiger partial charge in [-0.05, 0) is 31.4 Å². The van der Waals surface area contributed by atoms with Gasteiger partial charge in [0, 0.05) is 13.1 Å². The molecule has 1 aliphatic heterocycles. The number of nitrogens with zero attached hydrogens (tertiary/aromatic N) is 1. The molecule has 1 aromatic carbocycles. The van der Waals surface area contributed by atoms with Gasteiger partial charge in [0.25, 0.3) is 0 Å². The molecular weight excluding hydrogens is 264 g/mol. The van der Waals surface area contributed by atoms with Crippen molar-refractivity contribution < 1.29 is 13.2 Å². The molecule has 0 unspecified atom stereocenters. The van der Waals surface area contributed by atoms with Gasteiger partial charge >= 0.3 is 0 Å². The number of nitrogens with two attached hydrogens (primary N) is 1. The Kier molecular flexibility index (Phi) is 3.91. The van der Waals surface area contributed by atoms with Crippen molar-refractivity contribution >= 4 is 15.9 Å². The first-order chi connectivity index (χ1) is 8.93. The zero-order chi connectivity index (χ0) is 14.0. The standard InChI is InChI=1S/C13H18N2O3S/c1-10-5-2-3-7-12(10)19(17,18)15-8-4-6-11(9-15)13(14)16/h2-3,5,7,11H,4,6,8-9H2,1H3,(H2,14,16)/t11-/m0/s1. The zero-order valence-electron chi connectivity index (χ0n) is 10.9. The fourth-order valence-corrected chi connectivity index (χ4v) is 4.13. The minimum Gasteiger partial charge on any atom is -0.369 e. The van der Waals surface area contributed by atoms with Crippen molar-refractivity contribution in [1.82, 2.24) is 4.31 Å². The number of hydrogen-bond donors (Lipinski definition) is 1. The van der Waals surface area contributed by atoms with E-state index in [2.05, 4.69) is 0 Å². The SMILES string of the molecule is Cc1ccccc1S(=O)(=O)N1CCC[C@H](C(N)=O)C1. The molecule has 104 valence electrons. The van der Waals surface area contributed by atoms with Gasteiger partial charge in [0.15, 0.2) is 0 Å². The van der Waals surface area contributed by atoms with Gasteiger partial charge in [0.05, 0.1) is 10.8 Å². The maximum atomic E-state index is 12.6. The van der Waals surface area contributed by atoms with Crippen LogP contribution in [0.15, 0.2) is 29.2 Å². The van der Waals surface area contributed by atoms with Crippen LogP contribution in [0, 0.1) is 12.8 Å². The summed E-state index contributed by atoms with van der Waals surface area (Å²) >= 11 is 0. The summed E-state index contributed by atoms with van der Waals surface area (Å²) in [6.45, 7) is 2.40. The minimum absolute atomic E-state index is 0.187. The molecule has 1 aromatic rings. The number of rotatable bonds is 3. The quantitative estimate of drug-likeness (QED) is 0.893. The van der Waals surface area contributed by atoms with Gasteiger partial charge in [0.2, 0.25) is 15.9 Å². The van der Waals surface area contributed by atoms with Crippen LogP contribution >= 0.6 is 0 Å². The van der Waals surface area contributed by atoms with E-state index in [1.54, 1.807) is 31.2 Å². The summed E-state index contributed by atoms with van der Waals surface area (Å²) in [7, 11) is -3.53. The topological polar surface area (TPSA) is 80.5 Å². The second-order valence-corrected chi connectivity index (χ2v) is 6.78. The minimum atomic E-state index is -3.53. The van der Waals surface area contributed by atoms with Crippen LogP contribution in [0.1, 0.15) is 18.4 Å². The van der Waals surface area contributed by atoms with Gasteiger partial charge in [-0.1, -0.05) is 18.2 Å². The summed E-state index contributed by atoms with van der Waals surface area (Å²) in [4.78, 5) is 11.5. The van der Waals surface area contributed by atoms with Crippen molar-refractivity contribution in [1.29, 1.82) is 0 Å². The highest BCUT2D eigenvalue weighted by atomic mass is 32.2. The van der Waals surface area contributed by atoms with Crippen LogP contribution in [0.3, 0.4) is 0 Å². The van der Waals surface area contributed by atoms with Crippen LogP contribution in [0.5, 0.6) is 0 Å². The fourth-order valence-electron chi connectivity index (χ4n) is 2.38. The molecule has 0 bridgehead atoms. The van der Waals surface area contributed by atoms with Gasteiger partial charge in [-0.3, -0.25) is 4.79 Å². The Labute approximate surface area is 113 Å². The van der Waals surface area contributed by atoms with E-state index in [-0.39, 0.29) is 12.5 Å². The third-order valence-corrected chi connectivity index (χ3v) is 5.52. The summed E-state index contributed by atoms with van der Waals surface area (Å²) in [5, 5.41) is 0. The highest BCUT2D eigenvalue weighted by Gasteiger charge is 2.32. The van der Waals surface area contributed by atoms with Crippen molar-refractivity contribution in [3.05, 3.63) is 29.8 Å². The normalized spacial score (nSPS) is 21.2. The van der Waals surface area contributed by atoms with Crippen LogP contribution in [-0.2, 0) is 14.8 Å². The van der Waals surface area contributed by atoms with Crippen LogP contribution in [0.2, 0.25) is 0 Å². The molecule has 2 N–H and O–H groups in total. The van der Waals surface area contributed by atoms with E-state index in [9.17, 15) is 13.2 Å². The number of hydrogen-bond acceptors (Lipinski definition) is 3. The first-order valence-corrected chi connectivity index (χ1v) is 7.72. The van der Waals surface area contributed by atoms with E-state index in [1.165, 1.54) is 4.31 Å². The predicted octanol–water partition coefficient (Wildman–Crippen LogP) is 0.881. The van der Waals surface area contributed by atoms with E-state index in [0.717, 1.165) is 0 Å². The summed E-state index contributed by atoms with van der Waals surface area (Å²) in [5.74, 6) is -0.808. The molecule has 0 radical (unpaired) electrons. The molecule has 1 heterocycles. The lowest BCUT2D eigenvalue weighted by Crippen LogP contribution is -2.44. The molecule has 5 nitrogen and oxygen atoms in total. The van der Waals surface area contributed by atoms with Gasteiger partial charge < -0.3 is 5.73 Å². The highest BCUT2D eigenvalue weighted by molar-refractivity contribution is 7.89. The van der Waals surface area contributed by atoms with E-state index < -0.39 is 15.9 Å². The smallest absolute Gasteiger partial charge is 0.243 e. The van der Waals surface area contributed by atoms with Crippen molar-refractivity contribution in [2.75, 3.05) is 13.1 Å². The average Bonchev–Trinajstić information content (AvgIpc) is 2.39. The average molecular weight is 282 g/mol. The number of primary amides is 1. The molecule has 0 saturated carbocycles. The number of piperidine rings is 1. The summed E-state index contributed by atoms with van der Waals surface area (Å²) < 4.78 is 26.5. The number of sulfonamides is 1. The maximum absolute atomic E-state index is 12.6. The van der Waals surface area contributed by atoms with Crippen LogP contribution in [0.25, 0.3) is 0 Å². The highest BCUT2D eigenvalue weighted by Crippen LogP contribution is 2.25. The monoisotopic (exact) mass is 282 g/mol. The van der Waals surface area contributed by atoms with Gasteiger partial charge in [-0.2, -0.15) is 4.31 Å². The lowest BCUT2D eigenvalue weighted by molar-refractivity contribution is -0.122. The summed E-state index contributed by atoms with van der Waals surface area (Å²) in [6, 6.07) is 6.87. The number of carbonyl (C=O) groups is 1.